The third-order valence-corrected chi connectivity index (χ3v) is 2.50. The second-order valence-electron chi connectivity index (χ2n) is 3.73. The van der Waals surface area contributed by atoms with Gasteiger partial charge in [-0.2, -0.15) is 5.10 Å². The van der Waals surface area contributed by atoms with Crippen LogP contribution in [0.25, 0.3) is 0 Å². The molecule has 17 heavy (non-hydrogen) atoms. The first-order valence-electron chi connectivity index (χ1n) is 5.50. The highest BCUT2D eigenvalue weighted by Crippen LogP contribution is 2.03. The lowest BCUT2D eigenvalue weighted by atomic mass is 10.4. The van der Waals surface area contributed by atoms with E-state index in [2.05, 4.69) is 20.4 Å². The van der Waals surface area contributed by atoms with Crippen molar-refractivity contribution in [2.75, 3.05) is 5.32 Å². The minimum Gasteiger partial charge on any atom is -0.364 e. The molecule has 6 heteroatoms. The van der Waals surface area contributed by atoms with E-state index in [9.17, 15) is 4.79 Å². The maximum Gasteiger partial charge on any atom is 0.252 e. The maximum absolute atomic E-state index is 11.3. The summed E-state index contributed by atoms with van der Waals surface area (Å²) in [6, 6.07) is 3.37. The van der Waals surface area contributed by atoms with Crippen LogP contribution < -0.4 is 10.9 Å². The van der Waals surface area contributed by atoms with E-state index in [-0.39, 0.29) is 5.56 Å². The van der Waals surface area contributed by atoms with Crippen molar-refractivity contribution in [3.8, 4) is 0 Å². The summed E-state index contributed by atoms with van der Waals surface area (Å²) in [5.41, 5.74) is 0.898. The van der Waals surface area contributed by atoms with Gasteiger partial charge < -0.3 is 10.3 Å². The van der Waals surface area contributed by atoms with Gasteiger partial charge in [-0.3, -0.25) is 9.48 Å². The van der Waals surface area contributed by atoms with Crippen LogP contribution in [0.3, 0.4) is 0 Å². The van der Waals surface area contributed by atoms with Gasteiger partial charge in [0.2, 0.25) is 0 Å². The van der Waals surface area contributed by atoms with Crippen molar-refractivity contribution < 1.29 is 0 Å². The summed E-state index contributed by atoms with van der Waals surface area (Å²) in [5.74, 6) is 1.27. The van der Waals surface area contributed by atoms with Crippen molar-refractivity contribution in [3.05, 3.63) is 40.2 Å². The van der Waals surface area contributed by atoms with Crippen molar-refractivity contribution in [2.24, 2.45) is 7.05 Å². The molecule has 0 saturated heterocycles. The topological polar surface area (TPSA) is 75.6 Å². The molecule has 90 valence electrons. The number of nitrogens with zero attached hydrogens (tertiary/aromatic N) is 3. The summed E-state index contributed by atoms with van der Waals surface area (Å²) < 4.78 is 1.78. The summed E-state index contributed by atoms with van der Waals surface area (Å²) in [7, 11) is 1.87. The Hall–Kier alpha value is -2.11. The van der Waals surface area contributed by atoms with Crippen molar-refractivity contribution in [1.29, 1.82) is 0 Å². The van der Waals surface area contributed by atoms with Gasteiger partial charge in [-0.15, -0.1) is 0 Å². The van der Waals surface area contributed by atoms with E-state index in [1.54, 1.807) is 10.9 Å². The first-order chi connectivity index (χ1) is 8.19. The molecule has 0 unspecified atom stereocenters. The van der Waals surface area contributed by atoms with Crippen LogP contribution in [0.5, 0.6) is 0 Å². The van der Waals surface area contributed by atoms with Gasteiger partial charge in [-0.1, -0.05) is 6.92 Å². The predicted octanol–water partition coefficient (Wildman–Crippen LogP) is 0.678. The molecule has 0 radical (unpaired) electrons. The van der Waals surface area contributed by atoms with Gasteiger partial charge >= 0.3 is 0 Å². The van der Waals surface area contributed by atoms with Crippen LogP contribution in [-0.4, -0.2) is 19.7 Å². The molecule has 0 aliphatic carbocycles. The molecule has 0 amide bonds. The molecule has 0 saturated carbocycles. The Balaban J connectivity index is 2.11. The van der Waals surface area contributed by atoms with Crippen molar-refractivity contribution in [2.45, 2.75) is 19.9 Å². The number of nitrogens with one attached hydrogen (secondary N) is 2. The summed E-state index contributed by atoms with van der Waals surface area (Å²) in [6.07, 6.45) is 2.44. The SMILES string of the molecule is CCc1nc(NCc2ccnn2C)cc(=O)[nH]1. The Labute approximate surface area is 98.7 Å². The average Bonchev–Trinajstić information content (AvgIpc) is 2.71. The third kappa shape index (κ3) is 2.72. The highest BCUT2D eigenvalue weighted by atomic mass is 16.1. The second kappa shape index (κ2) is 4.82. The average molecular weight is 233 g/mol. The molecule has 0 aromatic carbocycles. The van der Waals surface area contributed by atoms with E-state index in [1.165, 1.54) is 6.07 Å². The number of hydrogen-bond acceptors (Lipinski definition) is 4. The van der Waals surface area contributed by atoms with Crippen molar-refractivity contribution in [1.82, 2.24) is 19.7 Å². The summed E-state index contributed by atoms with van der Waals surface area (Å²) in [5, 5.41) is 7.18. The van der Waals surface area contributed by atoms with E-state index < -0.39 is 0 Å². The third-order valence-electron chi connectivity index (χ3n) is 2.50. The lowest BCUT2D eigenvalue weighted by Crippen LogP contribution is -2.14. The van der Waals surface area contributed by atoms with Crippen LogP contribution in [0.4, 0.5) is 5.82 Å². The Morgan fingerprint density at radius 3 is 3.00 bits per heavy atom. The molecule has 0 spiro atoms. The molecular formula is C11H15N5O. The van der Waals surface area contributed by atoms with Gasteiger partial charge in [0.05, 0.1) is 12.2 Å². The van der Waals surface area contributed by atoms with Crippen LogP contribution in [-0.2, 0) is 20.0 Å². The molecule has 2 heterocycles. The van der Waals surface area contributed by atoms with E-state index in [4.69, 9.17) is 0 Å². The van der Waals surface area contributed by atoms with E-state index in [0.717, 1.165) is 5.69 Å². The highest BCUT2D eigenvalue weighted by Gasteiger charge is 2.01. The molecule has 2 N–H and O–H groups in total. The zero-order valence-electron chi connectivity index (χ0n) is 9.90. The molecule has 0 aliphatic rings. The second-order valence-corrected chi connectivity index (χ2v) is 3.73. The van der Waals surface area contributed by atoms with Crippen molar-refractivity contribution >= 4 is 5.82 Å². The molecule has 0 atom stereocenters. The van der Waals surface area contributed by atoms with E-state index in [1.807, 2.05) is 20.0 Å². The first-order valence-corrected chi connectivity index (χ1v) is 5.50. The minimum atomic E-state index is -0.135. The molecule has 6 nitrogen and oxygen atoms in total. The normalized spacial score (nSPS) is 10.5. The largest absolute Gasteiger partial charge is 0.364 e. The van der Waals surface area contributed by atoms with Gasteiger partial charge in [0.25, 0.3) is 5.56 Å². The van der Waals surface area contributed by atoms with Crippen LogP contribution in [0.2, 0.25) is 0 Å². The van der Waals surface area contributed by atoms with Gasteiger partial charge in [0.1, 0.15) is 11.6 Å². The number of aromatic amines is 1. The maximum atomic E-state index is 11.3. The molecule has 2 aromatic heterocycles. The van der Waals surface area contributed by atoms with Crippen molar-refractivity contribution in [3.63, 3.8) is 0 Å². The molecule has 0 fully saturated rings. The Bertz CT molecular complexity index is 557. The molecule has 0 aliphatic heterocycles. The van der Waals surface area contributed by atoms with Crippen LogP contribution >= 0.6 is 0 Å². The molecule has 2 aromatic rings. The lowest BCUT2D eigenvalue weighted by Gasteiger charge is -2.06. The number of aryl methyl sites for hydroxylation is 2. The molecule has 0 bridgehead atoms. The van der Waals surface area contributed by atoms with Gasteiger partial charge in [-0.25, -0.2) is 4.98 Å². The summed E-state index contributed by atoms with van der Waals surface area (Å²) in [6.45, 7) is 2.54. The van der Waals surface area contributed by atoms with Gasteiger partial charge in [0.15, 0.2) is 0 Å². The smallest absolute Gasteiger partial charge is 0.252 e. The van der Waals surface area contributed by atoms with E-state index >= 15 is 0 Å². The fourth-order valence-electron chi connectivity index (χ4n) is 1.52. The fourth-order valence-corrected chi connectivity index (χ4v) is 1.52. The first kappa shape index (κ1) is 11.4. The standard InChI is InChI=1S/C11H15N5O/c1-3-9-14-10(6-11(17)15-9)12-7-8-4-5-13-16(8)2/h4-6H,3,7H2,1-2H3,(H2,12,14,15,17). The zero-order chi connectivity index (χ0) is 12.3. The quantitative estimate of drug-likeness (QED) is 0.814. The monoisotopic (exact) mass is 233 g/mol. The number of rotatable bonds is 4. The molecule has 2 rings (SSSR count). The number of H-pyrrole nitrogens is 1. The number of aromatic nitrogens is 4. The Morgan fingerprint density at radius 2 is 2.35 bits per heavy atom. The minimum absolute atomic E-state index is 0.135. The molecular weight excluding hydrogens is 218 g/mol. The Morgan fingerprint density at radius 1 is 1.53 bits per heavy atom. The van der Waals surface area contributed by atoms with Crippen LogP contribution in [0, 0.1) is 0 Å². The van der Waals surface area contributed by atoms with E-state index in [0.29, 0.717) is 24.6 Å². The lowest BCUT2D eigenvalue weighted by molar-refractivity contribution is 0.719. The number of anilines is 1. The van der Waals surface area contributed by atoms with Crippen LogP contribution in [0.1, 0.15) is 18.4 Å². The van der Waals surface area contributed by atoms with Gasteiger partial charge in [-0.05, 0) is 6.07 Å². The summed E-state index contributed by atoms with van der Waals surface area (Å²) in [4.78, 5) is 18.3. The van der Waals surface area contributed by atoms with Crippen LogP contribution in [0.15, 0.2) is 23.1 Å². The fraction of sp³-hybridized carbons (Fsp3) is 0.364. The Kier molecular flexibility index (Phi) is 3.22. The summed E-state index contributed by atoms with van der Waals surface area (Å²) >= 11 is 0. The number of hydrogen-bond donors (Lipinski definition) is 2. The van der Waals surface area contributed by atoms with Gasteiger partial charge in [0, 0.05) is 25.7 Å². The predicted molar refractivity (Wildman–Crippen MR) is 64.8 cm³/mol. The zero-order valence-corrected chi connectivity index (χ0v) is 9.90. The highest BCUT2D eigenvalue weighted by molar-refractivity contribution is 5.33.